The molecule has 1 aromatic carbocycles. The Hall–Kier alpha value is -1.46. The fourth-order valence-electron chi connectivity index (χ4n) is 2.57. The second-order valence-corrected chi connectivity index (χ2v) is 5.22. The SMILES string of the molecule is NCCc1cc2c(cc1OCC1CCOCC1)OCO2. The highest BCUT2D eigenvalue weighted by atomic mass is 16.7. The Bertz CT molecular complexity index is 457. The molecule has 0 atom stereocenters. The van der Waals surface area contributed by atoms with Crippen LogP contribution in [0.4, 0.5) is 0 Å². The van der Waals surface area contributed by atoms with Crippen molar-refractivity contribution in [2.75, 3.05) is 33.2 Å². The molecule has 2 aliphatic heterocycles. The lowest BCUT2D eigenvalue weighted by Crippen LogP contribution is -2.21. The first-order chi connectivity index (χ1) is 9.86. The van der Waals surface area contributed by atoms with Gasteiger partial charge in [-0.05, 0) is 43.4 Å². The standard InChI is InChI=1S/C15H21NO4/c16-4-1-12-7-14-15(20-10-19-14)8-13(12)18-9-11-2-5-17-6-3-11/h7-8,11H,1-6,9-10,16H2. The van der Waals surface area contributed by atoms with E-state index in [1.54, 1.807) is 0 Å². The third-order valence-electron chi connectivity index (χ3n) is 3.78. The Morgan fingerprint density at radius 3 is 2.65 bits per heavy atom. The lowest BCUT2D eigenvalue weighted by Gasteiger charge is -2.23. The zero-order valence-electron chi connectivity index (χ0n) is 11.6. The fourth-order valence-corrected chi connectivity index (χ4v) is 2.57. The van der Waals surface area contributed by atoms with Crippen molar-refractivity contribution in [1.82, 2.24) is 0 Å². The van der Waals surface area contributed by atoms with E-state index in [1.807, 2.05) is 12.1 Å². The van der Waals surface area contributed by atoms with Crippen molar-refractivity contribution in [1.29, 1.82) is 0 Å². The van der Waals surface area contributed by atoms with Gasteiger partial charge in [0.05, 0.1) is 6.61 Å². The molecule has 0 amide bonds. The van der Waals surface area contributed by atoms with Gasteiger partial charge in [-0.2, -0.15) is 0 Å². The maximum atomic E-state index is 6.01. The Kier molecular flexibility index (Phi) is 4.28. The second-order valence-electron chi connectivity index (χ2n) is 5.22. The molecule has 5 heteroatoms. The van der Waals surface area contributed by atoms with Crippen LogP contribution in [0.3, 0.4) is 0 Å². The highest BCUT2D eigenvalue weighted by molar-refractivity contribution is 5.52. The number of hydrogen-bond donors (Lipinski definition) is 1. The van der Waals surface area contributed by atoms with E-state index in [0.717, 1.165) is 61.9 Å². The van der Waals surface area contributed by atoms with Gasteiger partial charge in [-0.25, -0.2) is 0 Å². The van der Waals surface area contributed by atoms with E-state index in [0.29, 0.717) is 12.5 Å². The smallest absolute Gasteiger partial charge is 0.231 e. The molecule has 3 rings (SSSR count). The molecule has 0 aromatic heterocycles. The summed E-state index contributed by atoms with van der Waals surface area (Å²) in [5.41, 5.74) is 6.76. The summed E-state index contributed by atoms with van der Waals surface area (Å²) in [5.74, 6) is 2.98. The van der Waals surface area contributed by atoms with Crippen LogP contribution in [0.1, 0.15) is 18.4 Å². The minimum absolute atomic E-state index is 0.279. The molecule has 0 saturated carbocycles. The minimum atomic E-state index is 0.279. The number of hydrogen-bond acceptors (Lipinski definition) is 5. The predicted octanol–water partition coefficient (Wildman–Crippen LogP) is 1.72. The molecule has 0 radical (unpaired) electrons. The first-order valence-corrected chi connectivity index (χ1v) is 7.20. The van der Waals surface area contributed by atoms with E-state index in [-0.39, 0.29) is 6.79 Å². The zero-order valence-corrected chi connectivity index (χ0v) is 11.6. The maximum absolute atomic E-state index is 6.01. The Labute approximate surface area is 118 Å². The van der Waals surface area contributed by atoms with E-state index >= 15 is 0 Å². The summed E-state index contributed by atoms with van der Waals surface area (Å²) < 4.78 is 22.2. The molecule has 0 aliphatic carbocycles. The van der Waals surface area contributed by atoms with Crippen molar-refractivity contribution >= 4 is 0 Å². The Morgan fingerprint density at radius 1 is 1.15 bits per heavy atom. The number of rotatable bonds is 5. The van der Waals surface area contributed by atoms with Crippen LogP contribution in [0, 0.1) is 5.92 Å². The van der Waals surface area contributed by atoms with Crippen molar-refractivity contribution in [3.63, 3.8) is 0 Å². The largest absolute Gasteiger partial charge is 0.493 e. The van der Waals surface area contributed by atoms with Crippen LogP contribution in [0.25, 0.3) is 0 Å². The monoisotopic (exact) mass is 279 g/mol. The molecule has 2 N–H and O–H groups in total. The van der Waals surface area contributed by atoms with Gasteiger partial charge in [0.25, 0.3) is 0 Å². The highest BCUT2D eigenvalue weighted by Crippen LogP contribution is 2.38. The number of fused-ring (bicyclic) bond motifs is 1. The first-order valence-electron chi connectivity index (χ1n) is 7.20. The molecule has 1 fully saturated rings. The van der Waals surface area contributed by atoms with Crippen LogP contribution in [0.15, 0.2) is 12.1 Å². The number of nitrogens with two attached hydrogens (primary N) is 1. The highest BCUT2D eigenvalue weighted by Gasteiger charge is 2.19. The fraction of sp³-hybridized carbons (Fsp3) is 0.600. The summed E-state index contributed by atoms with van der Waals surface area (Å²) in [5, 5.41) is 0. The molecule has 5 nitrogen and oxygen atoms in total. The van der Waals surface area contributed by atoms with Crippen LogP contribution < -0.4 is 19.9 Å². The van der Waals surface area contributed by atoms with Gasteiger partial charge in [-0.3, -0.25) is 0 Å². The Morgan fingerprint density at radius 2 is 1.90 bits per heavy atom. The van der Waals surface area contributed by atoms with Gasteiger partial charge < -0.3 is 24.7 Å². The summed E-state index contributed by atoms with van der Waals surface area (Å²) in [6, 6.07) is 3.90. The molecule has 1 aromatic rings. The van der Waals surface area contributed by atoms with Gasteiger partial charge >= 0.3 is 0 Å². The van der Waals surface area contributed by atoms with E-state index in [1.165, 1.54) is 0 Å². The lowest BCUT2D eigenvalue weighted by molar-refractivity contribution is 0.0496. The van der Waals surface area contributed by atoms with Crippen molar-refractivity contribution in [3.05, 3.63) is 17.7 Å². The molecule has 0 bridgehead atoms. The van der Waals surface area contributed by atoms with Crippen LogP contribution in [0.5, 0.6) is 17.2 Å². The van der Waals surface area contributed by atoms with Crippen LogP contribution >= 0.6 is 0 Å². The van der Waals surface area contributed by atoms with Crippen molar-refractivity contribution in [2.24, 2.45) is 11.7 Å². The molecule has 2 aliphatic rings. The van der Waals surface area contributed by atoms with E-state index < -0.39 is 0 Å². The summed E-state index contributed by atoms with van der Waals surface area (Å²) in [6.07, 6.45) is 2.91. The molecule has 2 heterocycles. The van der Waals surface area contributed by atoms with Crippen molar-refractivity contribution in [3.8, 4) is 17.2 Å². The van der Waals surface area contributed by atoms with E-state index in [2.05, 4.69) is 0 Å². The van der Waals surface area contributed by atoms with Gasteiger partial charge in [0.2, 0.25) is 6.79 Å². The molecular formula is C15H21NO4. The average Bonchev–Trinajstić information content (AvgIpc) is 2.93. The third kappa shape index (κ3) is 2.99. The first kappa shape index (κ1) is 13.5. The quantitative estimate of drug-likeness (QED) is 0.889. The molecular weight excluding hydrogens is 258 g/mol. The lowest BCUT2D eigenvalue weighted by atomic mass is 10.0. The number of ether oxygens (including phenoxy) is 4. The Balaban J connectivity index is 1.70. The average molecular weight is 279 g/mol. The van der Waals surface area contributed by atoms with E-state index in [9.17, 15) is 0 Å². The zero-order chi connectivity index (χ0) is 13.8. The van der Waals surface area contributed by atoms with Crippen molar-refractivity contribution in [2.45, 2.75) is 19.3 Å². The summed E-state index contributed by atoms with van der Waals surface area (Å²) in [6.45, 7) is 3.27. The predicted molar refractivity (Wildman–Crippen MR) is 74.4 cm³/mol. The molecule has 110 valence electrons. The van der Waals surface area contributed by atoms with Gasteiger partial charge in [-0.15, -0.1) is 0 Å². The topological polar surface area (TPSA) is 62.9 Å². The van der Waals surface area contributed by atoms with Gasteiger partial charge in [0.1, 0.15) is 5.75 Å². The normalized spacial score (nSPS) is 18.2. The van der Waals surface area contributed by atoms with Crippen LogP contribution in [-0.4, -0.2) is 33.2 Å². The van der Waals surface area contributed by atoms with Gasteiger partial charge in [0, 0.05) is 19.3 Å². The second kappa shape index (κ2) is 6.33. The van der Waals surface area contributed by atoms with Crippen molar-refractivity contribution < 1.29 is 18.9 Å². The summed E-state index contributed by atoms with van der Waals surface area (Å²) in [7, 11) is 0. The van der Waals surface area contributed by atoms with Crippen LogP contribution in [-0.2, 0) is 11.2 Å². The minimum Gasteiger partial charge on any atom is -0.493 e. The van der Waals surface area contributed by atoms with Gasteiger partial charge in [-0.1, -0.05) is 0 Å². The summed E-state index contributed by atoms with van der Waals surface area (Å²) >= 11 is 0. The van der Waals surface area contributed by atoms with Crippen LogP contribution in [0.2, 0.25) is 0 Å². The van der Waals surface area contributed by atoms with E-state index in [4.69, 9.17) is 24.7 Å². The number of benzene rings is 1. The van der Waals surface area contributed by atoms with Gasteiger partial charge in [0.15, 0.2) is 11.5 Å². The molecule has 0 unspecified atom stereocenters. The molecule has 20 heavy (non-hydrogen) atoms. The molecule has 1 saturated heterocycles. The molecule has 0 spiro atoms. The maximum Gasteiger partial charge on any atom is 0.231 e. The summed E-state index contributed by atoms with van der Waals surface area (Å²) in [4.78, 5) is 0. The third-order valence-corrected chi connectivity index (χ3v) is 3.78.